The van der Waals surface area contributed by atoms with Crippen LogP contribution in [-0.4, -0.2) is 25.4 Å². The maximum absolute atomic E-state index is 12.2. The van der Waals surface area contributed by atoms with E-state index >= 15 is 0 Å². The van der Waals surface area contributed by atoms with Crippen LogP contribution in [0, 0.1) is 0 Å². The molecule has 0 spiro atoms. The van der Waals surface area contributed by atoms with Crippen molar-refractivity contribution >= 4 is 22.9 Å². The molecule has 0 saturated carbocycles. The molecule has 2 heterocycles. The average molecular weight is 353 g/mol. The highest BCUT2D eigenvalue weighted by atomic mass is 32.2. The summed E-state index contributed by atoms with van der Waals surface area (Å²) in [5, 5.41) is 0.791. The lowest BCUT2D eigenvalue weighted by Gasteiger charge is -2.07. The first-order valence-electron chi connectivity index (χ1n) is 8.83. The third kappa shape index (κ3) is 4.32. The molecule has 0 unspecified atom stereocenters. The number of aryl methyl sites for hydroxylation is 2. The van der Waals surface area contributed by atoms with E-state index in [0.717, 1.165) is 24.5 Å². The van der Waals surface area contributed by atoms with Crippen molar-refractivity contribution in [2.24, 2.45) is 7.05 Å². The van der Waals surface area contributed by atoms with Crippen molar-refractivity contribution in [1.82, 2.24) is 19.1 Å². The molecular formula is C17H28N4O2S. The van der Waals surface area contributed by atoms with Crippen molar-refractivity contribution in [1.29, 1.82) is 0 Å². The van der Waals surface area contributed by atoms with Crippen molar-refractivity contribution in [2.45, 2.75) is 70.0 Å². The Balaban J connectivity index is 2.02. The lowest BCUT2D eigenvalue weighted by atomic mass is 10.1. The number of nitrogens with one attached hydrogen (secondary N) is 1. The number of unbranched alkanes of at least 4 members (excludes halogenated alkanes) is 7. The van der Waals surface area contributed by atoms with Crippen LogP contribution in [-0.2, 0) is 13.6 Å². The van der Waals surface area contributed by atoms with Crippen LogP contribution in [0.3, 0.4) is 0 Å². The second-order valence-electron chi connectivity index (χ2n) is 6.22. The number of nitrogens with zero attached hydrogens (tertiary/aromatic N) is 3. The maximum atomic E-state index is 12.2. The fourth-order valence-electron chi connectivity index (χ4n) is 2.98. The van der Waals surface area contributed by atoms with E-state index in [1.165, 1.54) is 54.9 Å². The third-order valence-corrected chi connectivity index (χ3v) is 5.07. The first kappa shape index (κ1) is 18.8. The lowest BCUT2D eigenvalue weighted by Crippen LogP contribution is -2.29. The number of hydrogen-bond acceptors (Lipinski definition) is 4. The second-order valence-corrected chi connectivity index (χ2v) is 6.99. The molecule has 0 bridgehead atoms. The lowest BCUT2D eigenvalue weighted by molar-refractivity contribution is 0.533. The van der Waals surface area contributed by atoms with E-state index in [-0.39, 0.29) is 5.56 Å². The van der Waals surface area contributed by atoms with E-state index < -0.39 is 5.69 Å². The predicted molar refractivity (Wildman–Crippen MR) is 100.0 cm³/mol. The van der Waals surface area contributed by atoms with Gasteiger partial charge in [-0.3, -0.25) is 14.3 Å². The highest BCUT2D eigenvalue weighted by Gasteiger charge is 2.16. The molecule has 0 radical (unpaired) electrons. The number of aromatic amines is 1. The van der Waals surface area contributed by atoms with Crippen LogP contribution >= 0.6 is 11.8 Å². The van der Waals surface area contributed by atoms with Crippen LogP contribution < -0.4 is 11.2 Å². The summed E-state index contributed by atoms with van der Waals surface area (Å²) < 4.78 is 3.36. The smallest absolute Gasteiger partial charge is 0.313 e. The van der Waals surface area contributed by atoms with Gasteiger partial charge in [0, 0.05) is 13.6 Å². The van der Waals surface area contributed by atoms with Gasteiger partial charge in [-0.25, -0.2) is 9.78 Å². The van der Waals surface area contributed by atoms with Crippen molar-refractivity contribution < 1.29 is 0 Å². The molecule has 2 rings (SSSR count). The van der Waals surface area contributed by atoms with Gasteiger partial charge in [0.25, 0.3) is 5.56 Å². The van der Waals surface area contributed by atoms with Gasteiger partial charge < -0.3 is 4.57 Å². The molecule has 0 saturated heterocycles. The third-order valence-electron chi connectivity index (χ3n) is 4.39. The summed E-state index contributed by atoms with van der Waals surface area (Å²) >= 11 is 1.51. The largest absolute Gasteiger partial charge is 0.329 e. The Morgan fingerprint density at radius 2 is 1.67 bits per heavy atom. The fraction of sp³-hybridized carbons (Fsp3) is 0.706. The van der Waals surface area contributed by atoms with E-state index in [1.807, 2.05) is 10.8 Å². The summed E-state index contributed by atoms with van der Waals surface area (Å²) in [7, 11) is 1.64. The van der Waals surface area contributed by atoms with Gasteiger partial charge in [0.05, 0.1) is 0 Å². The second kappa shape index (κ2) is 9.11. The molecule has 0 aliphatic carbocycles. The van der Waals surface area contributed by atoms with Crippen LogP contribution in [0.4, 0.5) is 0 Å². The van der Waals surface area contributed by atoms with Crippen LogP contribution in [0.15, 0.2) is 14.7 Å². The first-order valence-corrected chi connectivity index (χ1v) is 10.1. The van der Waals surface area contributed by atoms with Crippen LogP contribution in [0.25, 0.3) is 11.2 Å². The summed E-state index contributed by atoms with van der Waals surface area (Å²) in [6, 6.07) is 0. The highest BCUT2D eigenvalue weighted by molar-refractivity contribution is 7.98. The van der Waals surface area contributed by atoms with Gasteiger partial charge >= 0.3 is 5.69 Å². The quantitative estimate of drug-likeness (QED) is 0.526. The number of hydrogen-bond donors (Lipinski definition) is 1. The Kier molecular flexibility index (Phi) is 7.15. The number of thioether (sulfide) groups is 1. The van der Waals surface area contributed by atoms with Gasteiger partial charge in [-0.1, -0.05) is 63.6 Å². The van der Waals surface area contributed by atoms with Crippen LogP contribution in [0.1, 0.15) is 58.3 Å². The Bertz CT molecular complexity index is 775. The minimum absolute atomic E-state index is 0.347. The topological polar surface area (TPSA) is 72.7 Å². The summed E-state index contributed by atoms with van der Waals surface area (Å²) in [5.41, 5.74) is 0.203. The standard InChI is InChI=1S/C17H28N4O2S/c1-4-5-6-7-8-9-10-11-12-21-13-14(18-17(21)24-3)20(2)16(23)19-15(13)22/h4-12H2,1-3H3,(H,19,22,23). The van der Waals surface area contributed by atoms with Crippen molar-refractivity contribution in [3.63, 3.8) is 0 Å². The van der Waals surface area contributed by atoms with E-state index in [2.05, 4.69) is 16.9 Å². The molecule has 0 atom stereocenters. The van der Waals surface area contributed by atoms with E-state index in [9.17, 15) is 9.59 Å². The van der Waals surface area contributed by atoms with Gasteiger partial charge in [-0.05, 0) is 12.7 Å². The van der Waals surface area contributed by atoms with E-state index in [0.29, 0.717) is 11.2 Å². The zero-order valence-corrected chi connectivity index (χ0v) is 15.7. The minimum atomic E-state index is -0.420. The SMILES string of the molecule is CCCCCCCCCCn1c(SC)nc2c1c(=O)[nH]c(=O)n2C. The fourth-order valence-corrected chi connectivity index (χ4v) is 3.56. The number of H-pyrrole nitrogens is 1. The molecule has 0 aromatic carbocycles. The summed E-state index contributed by atoms with van der Waals surface area (Å²) in [6.07, 6.45) is 11.9. The molecule has 0 fully saturated rings. The maximum Gasteiger partial charge on any atom is 0.329 e. The number of aromatic nitrogens is 4. The molecule has 0 aliphatic rings. The molecule has 0 aliphatic heterocycles. The number of fused-ring (bicyclic) bond motifs is 1. The summed E-state index contributed by atoms with van der Waals surface area (Å²) in [5.74, 6) is 0. The van der Waals surface area contributed by atoms with Gasteiger partial charge in [-0.2, -0.15) is 0 Å². The van der Waals surface area contributed by atoms with Crippen LogP contribution in [0.2, 0.25) is 0 Å². The molecular weight excluding hydrogens is 324 g/mol. The minimum Gasteiger partial charge on any atom is -0.313 e. The van der Waals surface area contributed by atoms with Gasteiger partial charge in [-0.15, -0.1) is 0 Å². The molecule has 0 amide bonds. The summed E-state index contributed by atoms with van der Waals surface area (Å²) in [4.78, 5) is 30.8. The zero-order valence-electron chi connectivity index (χ0n) is 14.9. The van der Waals surface area contributed by atoms with E-state index in [4.69, 9.17) is 0 Å². The highest BCUT2D eigenvalue weighted by Crippen LogP contribution is 2.20. The normalized spacial score (nSPS) is 11.5. The Morgan fingerprint density at radius 3 is 2.29 bits per heavy atom. The van der Waals surface area contributed by atoms with Gasteiger partial charge in [0.1, 0.15) is 0 Å². The molecule has 2 aromatic heterocycles. The van der Waals surface area contributed by atoms with Gasteiger partial charge in [0.2, 0.25) is 0 Å². The monoisotopic (exact) mass is 352 g/mol. The number of imidazole rings is 1. The Morgan fingerprint density at radius 1 is 1.04 bits per heavy atom. The Hall–Kier alpha value is -1.50. The molecule has 134 valence electrons. The molecule has 7 heteroatoms. The Labute approximate surface area is 146 Å². The number of rotatable bonds is 10. The van der Waals surface area contributed by atoms with Crippen molar-refractivity contribution in [3.8, 4) is 0 Å². The predicted octanol–water partition coefficient (Wildman–Crippen LogP) is 3.29. The molecule has 2 aromatic rings. The summed E-state index contributed by atoms with van der Waals surface area (Å²) in [6.45, 7) is 3.00. The van der Waals surface area contributed by atoms with Crippen molar-refractivity contribution in [3.05, 3.63) is 20.8 Å². The first-order chi connectivity index (χ1) is 11.6. The molecule has 1 N–H and O–H groups in total. The van der Waals surface area contributed by atoms with Gasteiger partial charge in [0.15, 0.2) is 16.3 Å². The molecule has 24 heavy (non-hydrogen) atoms. The van der Waals surface area contributed by atoms with Crippen LogP contribution in [0.5, 0.6) is 0 Å². The average Bonchev–Trinajstić information content (AvgIpc) is 2.94. The zero-order chi connectivity index (χ0) is 17.5. The van der Waals surface area contributed by atoms with E-state index in [1.54, 1.807) is 7.05 Å². The van der Waals surface area contributed by atoms with Crippen molar-refractivity contribution in [2.75, 3.05) is 6.26 Å². The molecule has 6 nitrogen and oxygen atoms in total.